The van der Waals surface area contributed by atoms with E-state index in [1.807, 2.05) is 0 Å². The summed E-state index contributed by atoms with van der Waals surface area (Å²) in [5.74, 6) is 0.0556. The van der Waals surface area contributed by atoms with Crippen molar-refractivity contribution < 1.29 is 20.4 Å². The SMILES string of the molecule is Cc1cc(O)cc(O)c1.Oc1ccccc1O. The van der Waals surface area contributed by atoms with Gasteiger partial charge in [0.25, 0.3) is 0 Å². The molecule has 4 nitrogen and oxygen atoms in total. The molecule has 17 heavy (non-hydrogen) atoms. The predicted molar refractivity (Wildman–Crippen MR) is 64.3 cm³/mol. The number of aryl methyl sites for hydroxylation is 1. The first-order valence-electron chi connectivity index (χ1n) is 4.95. The van der Waals surface area contributed by atoms with Crippen LogP contribution in [0.5, 0.6) is 23.0 Å². The first-order valence-corrected chi connectivity index (χ1v) is 4.95. The van der Waals surface area contributed by atoms with Gasteiger partial charge in [0.15, 0.2) is 11.5 Å². The maximum Gasteiger partial charge on any atom is 0.157 e. The molecule has 2 aromatic rings. The van der Waals surface area contributed by atoms with Crippen LogP contribution in [0.4, 0.5) is 0 Å². The van der Waals surface area contributed by atoms with E-state index < -0.39 is 0 Å². The van der Waals surface area contributed by atoms with Gasteiger partial charge in [-0.15, -0.1) is 0 Å². The zero-order valence-corrected chi connectivity index (χ0v) is 9.33. The minimum Gasteiger partial charge on any atom is -0.508 e. The van der Waals surface area contributed by atoms with Crippen molar-refractivity contribution >= 4 is 0 Å². The lowest BCUT2D eigenvalue weighted by atomic mass is 10.2. The molecule has 0 atom stereocenters. The smallest absolute Gasteiger partial charge is 0.157 e. The van der Waals surface area contributed by atoms with Gasteiger partial charge in [0.1, 0.15) is 11.5 Å². The Hall–Kier alpha value is -2.36. The van der Waals surface area contributed by atoms with Gasteiger partial charge >= 0.3 is 0 Å². The Morgan fingerprint density at radius 3 is 1.41 bits per heavy atom. The number of para-hydroxylation sites is 2. The first kappa shape index (κ1) is 12.7. The molecule has 2 aromatic carbocycles. The predicted octanol–water partition coefficient (Wildman–Crippen LogP) is 2.50. The van der Waals surface area contributed by atoms with Crippen LogP contribution in [0.15, 0.2) is 42.5 Å². The van der Waals surface area contributed by atoms with E-state index in [2.05, 4.69) is 0 Å². The lowest BCUT2D eigenvalue weighted by Crippen LogP contribution is -1.70. The van der Waals surface area contributed by atoms with Crippen LogP contribution in [-0.2, 0) is 0 Å². The fraction of sp³-hybridized carbons (Fsp3) is 0.0769. The monoisotopic (exact) mass is 234 g/mol. The number of benzene rings is 2. The van der Waals surface area contributed by atoms with Crippen LogP contribution in [0.2, 0.25) is 0 Å². The van der Waals surface area contributed by atoms with Gasteiger partial charge in [0, 0.05) is 6.07 Å². The molecule has 0 saturated carbocycles. The maximum absolute atomic E-state index is 8.83. The van der Waals surface area contributed by atoms with Crippen LogP contribution in [0.3, 0.4) is 0 Å². The average Bonchev–Trinajstić information content (AvgIpc) is 2.21. The standard InChI is InChI=1S/C7H8O2.C6H6O2/c1-5-2-6(8)4-7(9)3-5;7-5-3-1-2-4-6(5)8/h2-4,8-9H,1H3;1-4,7-8H. The highest BCUT2D eigenvalue weighted by atomic mass is 16.3. The van der Waals surface area contributed by atoms with E-state index >= 15 is 0 Å². The molecule has 0 aliphatic rings. The summed E-state index contributed by atoms with van der Waals surface area (Å²) >= 11 is 0. The zero-order chi connectivity index (χ0) is 12.8. The van der Waals surface area contributed by atoms with E-state index in [1.54, 1.807) is 31.2 Å². The second kappa shape index (κ2) is 5.65. The van der Waals surface area contributed by atoms with Crippen molar-refractivity contribution in [3.8, 4) is 23.0 Å². The van der Waals surface area contributed by atoms with Crippen LogP contribution < -0.4 is 0 Å². The Balaban J connectivity index is 0.000000171. The van der Waals surface area contributed by atoms with E-state index in [4.69, 9.17) is 20.4 Å². The Kier molecular flexibility index (Phi) is 4.22. The van der Waals surface area contributed by atoms with Gasteiger partial charge in [-0.2, -0.15) is 0 Å². The highest BCUT2D eigenvalue weighted by Crippen LogP contribution is 2.21. The highest BCUT2D eigenvalue weighted by Gasteiger charge is 1.92. The van der Waals surface area contributed by atoms with Crippen LogP contribution in [-0.4, -0.2) is 20.4 Å². The van der Waals surface area contributed by atoms with Crippen LogP contribution in [0.25, 0.3) is 0 Å². The summed E-state index contributed by atoms with van der Waals surface area (Å²) in [4.78, 5) is 0. The second-order valence-corrected chi connectivity index (χ2v) is 3.52. The average molecular weight is 234 g/mol. The first-order chi connectivity index (χ1) is 7.99. The topological polar surface area (TPSA) is 80.9 Å². The molecule has 0 aliphatic heterocycles. The molecule has 0 aromatic heterocycles. The Bertz CT molecular complexity index is 423. The third-order valence-electron chi connectivity index (χ3n) is 1.93. The molecule has 4 N–H and O–H groups in total. The number of hydrogen-bond donors (Lipinski definition) is 4. The highest BCUT2D eigenvalue weighted by molar-refractivity contribution is 5.36. The number of phenolic OH excluding ortho intramolecular Hbond substituents is 4. The molecule has 0 aliphatic carbocycles. The molecule has 0 saturated heterocycles. The third kappa shape index (κ3) is 4.34. The third-order valence-corrected chi connectivity index (χ3v) is 1.93. The summed E-state index contributed by atoms with van der Waals surface area (Å²) in [6.45, 7) is 1.80. The fourth-order valence-electron chi connectivity index (χ4n) is 1.21. The lowest BCUT2D eigenvalue weighted by Gasteiger charge is -1.94. The molecule has 0 fully saturated rings. The number of rotatable bonds is 0. The van der Waals surface area contributed by atoms with Crippen molar-refractivity contribution in [1.29, 1.82) is 0 Å². The summed E-state index contributed by atoms with van der Waals surface area (Å²) in [5, 5.41) is 35.0. The van der Waals surface area contributed by atoms with Crippen molar-refractivity contribution in [2.45, 2.75) is 6.92 Å². The minimum atomic E-state index is -0.0764. The molecule has 0 radical (unpaired) electrons. The van der Waals surface area contributed by atoms with Gasteiger partial charge in [-0.05, 0) is 36.8 Å². The van der Waals surface area contributed by atoms with E-state index in [0.29, 0.717) is 0 Å². The molecular weight excluding hydrogens is 220 g/mol. The van der Waals surface area contributed by atoms with Gasteiger partial charge in [-0.3, -0.25) is 0 Å². The van der Waals surface area contributed by atoms with Gasteiger partial charge in [-0.1, -0.05) is 12.1 Å². The fourth-order valence-corrected chi connectivity index (χ4v) is 1.21. The van der Waals surface area contributed by atoms with Gasteiger partial charge in [-0.25, -0.2) is 0 Å². The quantitative estimate of drug-likeness (QED) is 0.528. The minimum absolute atomic E-state index is 0.0764. The van der Waals surface area contributed by atoms with E-state index in [-0.39, 0.29) is 23.0 Å². The summed E-state index contributed by atoms with van der Waals surface area (Å²) in [6, 6.07) is 10.6. The van der Waals surface area contributed by atoms with Crippen molar-refractivity contribution in [3.63, 3.8) is 0 Å². The molecule has 0 amide bonds. The van der Waals surface area contributed by atoms with Crippen molar-refractivity contribution in [2.24, 2.45) is 0 Å². The van der Waals surface area contributed by atoms with Crippen molar-refractivity contribution in [2.75, 3.05) is 0 Å². The Morgan fingerprint density at radius 1 is 0.706 bits per heavy atom. The van der Waals surface area contributed by atoms with Gasteiger partial charge < -0.3 is 20.4 Å². The molecule has 0 spiro atoms. The molecule has 90 valence electrons. The van der Waals surface area contributed by atoms with E-state index in [9.17, 15) is 0 Å². The summed E-state index contributed by atoms with van der Waals surface area (Å²) in [5.41, 5.74) is 0.854. The Labute approximate surface area is 99.0 Å². The largest absolute Gasteiger partial charge is 0.508 e. The zero-order valence-electron chi connectivity index (χ0n) is 9.33. The second-order valence-electron chi connectivity index (χ2n) is 3.52. The van der Waals surface area contributed by atoms with E-state index in [0.717, 1.165) is 5.56 Å². The van der Waals surface area contributed by atoms with Gasteiger partial charge in [0.05, 0.1) is 0 Å². The number of phenols is 4. The summed E-state index contributed by atoms with van der Waals surface area (Å²) in [6.07, 6.45) is 0. The van der Waals surface area contributed by atoms with Crippen molar-refractivity contribution in [1.82, 2.24) is 0 Å². The molecule has 0 unspecified atom stereocenters. The summed E-state index contributed by atoms with van der Waals surface area (Å²) < 4.78 is 0. The normalized spacial score (nSPS) is 9.24. The number of aromatic hydroxyl groups is 4. The molecule has 4 heteroatoms. The van der Waals surface area contributed by atoms with Crippen LogP contribution >= 0.6 is 0 Å². The molecular formula is C13H14O4. The number of hydrogen-bond acceptors (Lipinski definition) is 4. The molecule has 2 rings (SSSR count). The Morgan fingerprint density at radius 2 is 1.12 bits per heavy atom. The lowest BCUT2D eigenvalue weighted by molar-refractivity contribution is 0.404. The molecule has 0 bridgehead atoms. The van der Waals surface area contributed by atoms with Gasteiger partial charge in [0.2, 0.25) is 0 Å². The molecule has 0 heterocycles. The van der Waals surface area contributed by atoms with Crippen LogP contribution in [0.1, 0.15) is 5.56 Å². The maximum atomic E-state index is 8.83. The van der Waals surface area contributed by atoms with Crippen LogP contribution in [0, 0.1) is 6.92 Å². The van der Waals surface area contributed by atoms with E-state index in [1.165, 1.54) is 18.2 Å². The summed E-state index contributed by atoms with van der Waals surface area (Å²) in [7, 11) is 0. The van der Waals surface area contributed by atoms with Crippen molar-refractivity contribution in [3.05, 3.63) is 48.0 Å².